The molecule has 3 rings (SSSR count). The topological polar surface area (TPSA) is 111 Å². The summed E-state index contributed by atoms with van der Waals surface area (Å²) in [6, 6.07) is 5.88. The predicted molar refractivity (Wildman–Crippen MR) is 90.6 cm³/mol. The highest BCUT2D eigenvalue weighted by Gasteiger charge is 2.32. The van der Waals surface area contributed by atoms with E-state index in [0.717, 1.165) is 10.6 Å². The zero-order chi connectivity index (χ0) is 17.6. The number of nitrogens with one attached hydrogen (secondary N) is 1. The molecule has 0 bridgehead atoms. The Balaban J connectivity index is 2.37. The molecule has 0 saturated carbocycles. The Bertz CT molecular complexity index is 978. The van der Waals surface area contributed by atoms with Gasteiger partial charge in [0.05, 0.1) is 16.8 Å². The maximum Gasteiger partial charge on any atom is 0.262 e. The van der Waals surface area contributed by atoms with Crippen LogP contribution < -0.4 is 16.6 Å². The molecule has 0 radical (unpaired) electrons. The van der Waals surface area contributed by atoms with Gasteiger partial charge in [0.25, 0.3) is 17.4 Å². The number of fused-ring (bicyclic) bond motifs is 1. The number of anilines is 1. The van der Waals surface area contributed by atoms with Gasteiger partial charge >= 0.3 is 0 Å². The number of pyridine rings is 1. The summed E-state index contributed by atoms with van der Waals surface area (Å²) in [7, 11) is 0. The Morgan fingerprint density at radius 2 is 1.92 bits per heavy atom. The van der Waals surface area contributed by atoms with Crippen LogP contribution in [-0.2, 0) is 0 Å². The van der Waals surface area contributed by atoms with Crippen LogP contribution in [0.4, 0.5) is 5.82 Å². The highest BCUT2D eigenvalue weighted by atomic mass is 79.9. The van der Waals surface area contributed by atoms with Crippen molar-refractivity contribution >= 4 is 39.3 Å². The van der Waals surface area contributed by atoms with Gasteiger partial charge in [0, 0.05) is 22.5 Å². The van der Waals surface area contributed by atoms with E-state index in [1.165, 1.54) is 0 Å². The summed E-state index contributed by atoms with van der Waals surface area (Å²) in [6.07, 6.45) is 0.243. The van der Waals surface area contributed by atoms with Crippen molar-refractivity contribution in [2.45, 2.75) is 13.3 Å². The third-order valence-electron chi connectivity index (χ3n) is 3.78. The van der Waals surface area contributed by atoms with Gasteiger partial charge < -0.3 is 5.73 Å². The smallest absolute Gasteiger partial charge is 0.262 e. The SMILES string of the molecule is CCC(=O)c1ccc(Br)cc1-n1c(N)c2c(cc1=O)C(=O)NC2=O. The fourth-order valence-electron chi connectivity index (χ4n) is 2.64. The number of rotatable bonds is 3. The number of nitrogens with zero attached hydrogens (tertiary/aromatic N) is 1. The molecule has 0 spiro atoms. The van der Waals surface area contributed by atoms with E-state index in [1.54, 1.807) is 25.1 Å². The third kappa shape index (κ3) is 2.35. The Labute approximate surface area is 144 Å². The second-order valence-corrected chi connectivity index (χ2v) is 6.13. The first-order valence-electron chi connectivity index (χ1n) is 7.09. The van der Waals surface area contributed by atoms with Gasteiger partial charge in [-0.1, -0.05) is 22.9 Å². The van der Waals surface area contributed by atoms with Crippen molar-refractivity contribution in [1.82, 2.24) is 9.88 Å². The number of carbonyl (C=O) groups is 3. The van der Waals surface area contributed by atoms with Crippen molar-refractivity contribution in [1.29, 1.82) is 0 Å². The minimum Gasteiger partial charge on any atom is -0.384 e. The Morgan fingerprint density at radius 1 is 1.21 bits per heavy atom. The Hall–Kier alpha value is -2.74. The van der Waals surface area contributed by atoms with Crippen LogP contribution >= 0.6 is 15.9 Å². The minimum atomic E-state index is -0.667. The molecule has 2 heterocycles. The number of hydrogen-bond acceptors (Lipinski definition) is 5. The second kappa shape index (κ2) is 5.72. The molecule has 0 saturated heterocycles. The van der Waals surface area contributed by atoms with E-state index < -0.39 is 17.4 Å². The number of imide groups is 1. The summed E-state index contributed by atoms with van der Waals surface area (Å²) in [5.41, 5.74) is 5.85. The average molecular weight is 390 g/mol. The summed E-state index contributed by atoms with van der Waals surface area (Å²) in [5.74, 6) is -1.68. The molecule has 1 aliphatic rings. The monoisotopic (exact) mass is 389 g/mol. The van der Waals surface area contributed by atoms with Gasteiger partial charge in [-0.15, -0.1) is 0 Å². The number of aromatic nitrogens is 1. The molecule has 2 amide bonds. The van der Waals surface area contributed by atoms with Gasteiger partial charge in [-0.2, -0.15) is 0 Å². The predicted octanol–water partition coefficient (Wildman–Crippen LogP) is 1.66. The van der Waals surface area contributed by atoms with Crippen LogP contribution in [0.5, 0.6) is 0 Å². The molecule has 1 aromatic heterocycles. The minimum absolute atomic E-state index is 0.0582. The number of halogens is 1. The summed E-state index contributed by atoms with van der Waals surface area (Å²) in [6.45, 7) is 1.70. The van der Waals surface area contributed by atoms with Crippen LogP contribution in [-0.4, -0.2) is 22.2 Å². The maximum absolute atomic E-state index is 12.5. The van der Waals surface area contributed by atoms with E-state index in [4.69, 9.17) is 5.73 Å². The van der Waals surface area contributed by atoms with Crippen molar-refractivity contribution in [3.63, 3.8) is 0 Å². The van der Waals surface area contributed by atoms with Crippen LogP contribution in [0, 0.1) is 0 Å². The number of amides is 2. The Kier molecular flexibility index (Phi) is 3.84. The van der Waals surface area contributed by atoms with E-state index in [1.807, 2.05) is 0 Å². The molecule has 3 N–H and O–H groups in total. The fourth-order valence-corrected chi connectivity index (χ4v) is 2.99. The molecule has 1 aliphatic heterocycles. The van der Waals surface area contributed by atoms with Crippen LogP contribution in [0.3, 0.4) is 0 Å². The van der Waals surface area contributed by atoms with E-state index in [0.29, 0.717) is 10.0 Å². The van der Waals surface area contributed by atoms with Crippen molar-refractivity contribution in [2.24, 2.45) is 0 Å². The lowest BCUT2D eigenvalue weighted by Crippen LogP contribution is -2.25. The van der Waals surface area contributed by atoms with Crippen molar-refractivity contribution in [2.75, 3.05) is 5.73 Å². The molecular formula is C16H12BrN3O4. The summed E-state index contributed by atoms with van der Waals surface area (Å²) in [5, 5.41) is 2.10. The first-order chi connectivity index (χ1) is 11.3. The van der Waals surface area contributed by atoms with Crippen molar-refractivity contribution in [3.8, 4) is 5.69 Å². The maximum atomic E-state index is 12.5. The van der Waals surface area contributed by atoms with Crippen molar-refractivity contribution in [3.05, 3.63) is 55.8 Å². The van der Waals surface area contributed by atoms with E-state index >= 15 is 0 Å². The molecule has 0 fully saturated rings. The van der Waals surface area contributed by atoms with Crippen molar-refractivity contribution < 1.29 is 14.4 Å². The fraction of sp³-hybridized carbons (Fsp3) is 0.125. The second-order valence-electron chi connectivity index (χ2n) is 5.21. The molecule has 122 valence electrons. The van der Waals surface area contributed by atoms with Gasteiger partial charge in [-0.3, -0.25) is 29.1 Å². The standard InChI is InChI=1S/C16H12BrN3O4/c1-2-11(21)8-4-3-7(17)5-10(8)20-12(22)6-9-13(14(20)18)16(24)19-15(9)23/h3-6H,2,18H2,1H3,(H,19,23,24). The lowest BCUT2D eigenvalue weighted by molar-refractivity contribution is 0.0878. The highest BCUT2D eigenvalue weighted by Crippen LogP contribution is 2.27. The third-order valence-corrected chi connectivity index (χ3v) is 4.27. The average Bonchev–Trinajstić information content (AvgIpc) is 2.81. The normalized spacial score (nSPS) is 12.9. The molecule has 0 atom stereocenters. The number of benzene rings is 1. The van der Waals surface area contributed by atoms with E-state index in [-0.39, 0.29) is 34.8 Å². The summed E-state index contributed by atoms with van der Waals surface area (Å²) < 4.78 is 1.71. The quantitative estimate of drug-likeness (QED) is 0.612. The van der Waals surface area contributed by atoms with Gasteiger partial charge in [0.15, 0.2) is 5.78 Å². The molecular weight excluding hydrogens is 378 g/mol. The number of nitrogen functional groups attached to an aromatic ring is 1. The molecule has 8 heteroatoms. The molecule has 24 heavy (non-hydrogen) atoms. The van der Waals surface area contributed by atoms with E-state index in [2.05, 4.69) is 21.2 Å². The molecule has 2 aromatic rings. The van der Waals surface area contributed by atoms with Crippen LogP contribution in [0.2, 0.25) is 0 Å². The van der Waals surface area contributed by atoms with Crippen LogP contribution in [0.15, 0.2) is 33.5 Å². The van der Waals surface area contributed by atoms with Gasteiger partial charge in [0.1, 0.15) is 5.82 Å². The van der Waals surface area contributed by atoms with E-state index in [9.17, 15) is 19.2 Å². The number of carbonyl (C=O) groups excluding carboxylic acids is 3. The van der Waals surface area contributed by atoms with Crippen LogP contribution in [0.1, 0.15) is 44.4 Å². The zero-order valence-corrected chi connectivity index (χ0v) is 14.1. The number of hydrogen-bond donors (Lipinski definition) is 2. The summed E-state index contributed by atoms with van der Waals surface area (Å²) >= 11 is 3.30. The zero-order valence-electron chi connectivity index (χ0n) is 12.6. The first kappa shape index (κ1) is 16.1. The largest absolute Gasteiger partial charge is 0.384 e. The lowest BCUT2D eigenvalue weighted by atomic mass is 10.1. The number of ketones is 1. The highest BCUT2D eigenvalue weighted by molar-refractivity contribution is 9.10. The number of Topliss-reactive ketones (excluding diaryl/α,β-unsaturated/α-hetero) is 1. The Morgan fingerprint density at radius 3 is 2.58 bits per heavy atom. The molecule has 0 unspecified atom stereocenters. The number of nitrogens with two attached hydrogens (primary N) is 1. The first-order valence-corrected chi connectivity index (χ1v) is 7.88. The van der Waals surface area contributed by atoms with Gasteiger partial charge in [-0.05, 0) is 18.2 Å². The summed E-state index contributed by atoms with van der Waals surface area (Å²) in [4.78, 5) is 48.3. The lowest BCUT2D eigenvalue weighted by Gasteiger charge is -2.15. The van der Waals surface area contributed by atoms with Gasteiger partial charge in [0.2, 0.25) is 0 Å². The van der Waals surface area contributed by atoms with Gasteiger partial charge in [-0.25, -0.2) is 0 Å². The van der Waals surface area contributed by atoms with Crippen LogP contribution in [0.25, 0.3) is 5.69 Å². The molecule has 1 aromatic carbocycles. The molecule has 7 nitrogen and oxygen atoms in total. The molecule has 0 aliphatic carbocycles.